The molecule has 2 rings (SSSR count). The van der Waals surface area contributed by atoms with E-state index in [1.54, 1.807) is 7.11 Å². The molecule has 2 aromatic rings. The van der Waals surface area contributed by atoms with Crippen molar-refractivity contribution in [2.75, 3.05) is 7.11 Å². The van der Waals surface area contributed by atoms with Gasteiger partial charge >= 0.3 is 0 Å². The lowest BCUT2D eigenvalue weighted by atomic mass is 10.1. The molecule has 1 aromatic carbocycles. The molecule has 2 N–H and O–H groups in total. The number of benzene rings is 1. The van der Waals surface area contributed by atoms with E-state index in [9.17, 15) is 0 Å². The lowest BCUT2D eigenvalue weighted by molar-refractivity contribution is 0.185. The van der Waals surface area contributed by atoms with Crippen LogP contribution in [0.3, 0.4) is 0 Å². The molecule has 0 atom stereocenters. The lowest BCUT2D eigenvalue weighted by Crippen LogP contribution is -1.93. The van der Waals surface area contributed by atoms with E-state index in [2.05, 4.69) is 5.16 Å². The molecule has 0 spiro atoms. The van der Waals surface area contributed by atoms with Crippen molar-refractivity contribution in [3.8, 4) is 11.3 Å². The molecule has 0 radical (unpaired) electrons. The molecule has 0 unspecified atom stereocenters. The summed E-state index contributed by atoms with van der Waals surface area (Å²) in [6, 6.07) is 9.80. The number of aromatic nitrogens is 1. The fraction of sp³-hybridized carbons (Fsp3) is 0.250. The number of nitrogens with zero attached hydrogens (tertiary/aromatic N) is 1. The third kappa shape index (κ3) is 2.13. The van der Waals surface area contributed by atoms with E-state index in [1.165, 1.54) is 0 Å². The topological polar surface area (TPSA) is 61.3 Å². The van der Waals surface area contributed by atoms with Crippen LogP contribution in [-0.4, -0.2) is 12.3 Å². The third-order valence-corrected chi connectivity index (χ3v) is 2.35. The largest absolute Gasteiger partial charge is 0.380 e. The Labute approximate surface area is 94.0 Å². The first-order valence-corrected chi connectivity index (χ1v) is 5.08. The number of rotatable bonds is 4. The van der Waals surface area contributed by atoms with E-state index in [4.69, 9.17) is 15.0 Å². The monoisotopic (exact) mass is 218 g/mol. The first-order valence-electron chi connectivity index (χ1n) is 5.08. The fourth-order valence-electron chi connectivity index (χ4n) is 1.59. The molecule has 1 aromatic heterocycles. The molecule has 0 amide bonds. The van der Waals surface area contributed by atoms with Gasteiger partial charge in [-0.2, -0.15) is 0 Å². The Balaban J connectivity index is 2.38. The van der Waals surface area contributed by atoms with Crippen LogP contribution in [-0.2, 0) is 17.9 Å². The van der Waals surface area contributed by atoms with Crippen LogP contribution in [0.1, 0.15) is 11.3 Å². The van der Waals surface area contributed by atoms with Gasteiger partial charge in [-0.15, -0.1) is 0 Å². The fourth-order valence-corrected chi connectivity index (χ4v) is 1.59. The van der Waals surface area contributed by atoms with Crippen LogP contribution in [0.15, 0.2) is 34.9 Å². The summed E-state index contributed by atoms with van der Waals surface area (Å²) >= 11 is 0. The van der Waals surface area contributed by atoms with Gasteiger partial charge in [-0.1, -0.05) is 29.4 Å². The molecule has 16 heavy (non-hydrogen) atoms. The summed E-state index contributed by atoms with van der Waals surface area (Å²) in [6.07, 6.45) is 0. The number of nitrogens with two attached hydrogens (primary N) is 1. The highest BCUT2D eigenvalue weighted by molar-refractivity contribution is 5.63. The maximum absolute atomic E-state index is 5.48. The Hall–Kier alpha value is -1.65. The van der Waals surface area contributed by atoms with Crippen LogP contribution in [0.5, 0.6) is 0 Å². The summed E-state index contributed by atoms with van der Waals surface area (Å²) < 4.78 is 10.2. The minimum atomic E-state index is 0.361. The van der Waals surface area contributed by atoms with Crippen molar-refractivity contribution in [1.82, 2.24) is 5.16 Å². The molecular weight excluding hydrogens is 204 g/mol. The van der Waals surface area contributed by atoms with Gasteiger partial charge in [-0.05, 0) is 5.56 Å². The van der Waals surface area contributed by atoms with Crippen molar-refractivity contribution in [2.24, 2.45) is 5.73 Å². The molecule has 84 valence electrons. The van der Waals surface area contributed by atoms with Crippen LogP contribution in [0.2, 0.25) is 0 Å². The summed E-state index contributed by atoms with van der Waals surface area (Å²) in [5.74, 6) is 0.683. The molecule has 4 nitrogen and oxygen atoms in total. The molecular formula is C12H14N2O2. The summed E-state index contributed by atoms with van der Waals surface area (Å²) in [5, 5.41) is 3.99. The molecule has 0 aliphatic rings. The average Bonchev–Trinajstić information content (AvgIpc) is 2.79. The summed E-state index contributed by atoms with van der Waals surface area (Å²) in [7, 11) is 1.67. The molecule has 0 aliphatic heterocycles. The number of ether oxygens (including phenoxy) is 1. The highest BCUT2D eigenvalue weighted by atomic mass is 16.5. The van der Waals surface area contributed by atoms with E-state index < -0.39 is 0 Å². The Morgan fingerprint density at radius 3 is 2.88 bits per heavy atom. The van der Waals surface area contributed by atoms with Crippen molar-refractivity contribution in [3.63, 3.8) is 0 Å². The maximum Gasteiger partial charge on any atom is 0.150 e. The SMILES string of the molecule is COCc1ccccc1-c1cc(CN)on1. The van der Waals surface area contributed by atoms with Gasteiger partial charge in [0.05, 0.1) is 13.2 Å². The van der Waals surface area contributed by atoms with E-state index in [-0.39, 0.29) is 0 Å². The van der Waals surface area contributed by atoms with E-state index in [0.29, 0.717) is 18.9 Å². The Morgan fingerprint density at radius 1 is 1.38 bits per heavy atom. The molecule has 0 saturated carbocycles. The highest BCUT2D eigenvalue weighted by Gasteiger charge is 2.09. The predicted octanol–water partition coefficient (Wildman–Crippen LogP) is 1.95. The third-order valence-electron chi connectivity index (χ3n) is 2.35. The second-order valence-corrected chi connectivity index (χ2v) is 3.47. The Morgan fingerprint density at radius 2 is 2.19 bits per heavy atom. The summed E-state index contributed by atoms with van der Waals surface area (Å²) in [6.45, 7) is 0.917. The predicted molar refractivity (Wildman–Crippen MR) is 60.5 cm³/mol. The van der Waals surface area contributed by atoms with Crippen molar-refractivity contribution in [1.29, 1.82) is 0 Å². The molecule has 1 heterocycles. The van der Waals surface area contributed by atoms with Gasteiger partial charge in [0.15, 0.2) is 5.76 Å². The van der Waals surface area contributed by atoms with Gasteiger partial charge in [0.1, 0.15) is 5.69 Å². The Kier molecular flexibility index (Phi) is 3.34. The van der Waals surface area contributed by atoms with Crippen molar-refractivity contribution in [2.45, 2.75) is 13.2 Å². The first-order chi connectivity index (χ1) is 7.85. The van der Waals surface area contributed by atoms with Gasteiger partial charge in [-0.25, -0.2) is 0 Å². The average molecular weight is 218 g/mol. The standard InChI is InChI=1S/C12H14N2O2/c1-15-8-9-4-2-3-5-11(9)12-6-10(7-13)16-14-12/h2-6H,7-8,13H2,1H3. The Bertz CT molecular complexity index is 466. The van der Waals surface area contributed by atoms with Gasteiger partial charge in [0.25, 0.3) is 0 Å². The van der Waals surface area contributed by atoms with Crippen LogP contribution in [0.4, 0.5) is 0 Å². The highest BCUT2D eigenvalue weighted by Crippen LogP contribution is 2.23. The smallest absolute Gasteiger partial charge is 0.150 e. The zero-order chi connectivity index (χ0) is 11.4. The van der Waals surface area contributed by atoms with Crippen LogP contribution in [0.25, 0.3) is 11.3 Å². The van der Waals surface area contributed by atoms with Gasteiger partial charge in [-0.3, -0.25) is 0 Å². The normalized spacial score (nSPS) is 10.6. The van der Waals surface area contributed by atoms with Crippen molar-refractivity contribution in [3.05, 3.63) is 41.7 Å². The first kappa shape index (κ1) is 10.9. The minimum Gasteiger partial charge on any atom is -0.380 e. The van der Waals surface area contributed by atoms with Gasteiger partial charge in [0.2, 0.25) is 0 Å². The summed E-state index contributed by atoms with van der Waals surface area (Å²) in [5.41, 5.74) is 8.38. The second-order valence-electron chi connectivity index (χ2n) is 3.47. The zero-order valence-corrected chi connectivity index (χ0v) is 9.14. The van der Waals surface area contributed by atoms with E-state index in [1.807, 2.05) is 30.3 Å². The van der Waals surface area contributed by atoms with Crippen molar-refractivity contribution < 1.29 is 9.26 Å². The van der Waals surface area contributed by atoms with Gasteiger partial charge < -0.3 is 15.0 Å². The molecule has 4 heteroatoms. The number of methoxy groups -OCH3 is 1. The maximum atomic E-state index is 5.48. The minimum absolute atomic E-state index is 0.361. The zero-order valence-electron chi connectivity index (χ0n) is 9.14. The molecule has 0 bridgehead atoms. The number of hydrogen-bond donors (Lipinski definition) is 1. The van der Waals surface area contributed by atoms with Crippen LogP contribution in [0, 0.1) is 0 Å². The molecule has 0 fully saturated rings. The van der Waals surface area contributed by atoms with Gasteiger partial charge in [0, 0.05) is 18.7 Å². The van der Waals surface area contributed by atoms with Crippen LogP contribution >= 0.6 is 0 Å². The van der Waals surface area contributed by atoms with Crippen LogP contribution < -0.4 is 5.73 Å². The molecule has 0 saturated heterocycles. The second kappa shape index (κ2) is 4.92. The van der Waals surface area contributed by atoms with E-state index >= 15 is 0 Å². The molecule has 0 aliphatic carbocycles. The number of hydrogen-bond acceptors (Lipinski definition) is 4. The summed E-state index contributed by atoms with van der Waals surface area (Å²) in [4.78, 5) is 0. The quantitative estimate of drug-likeness (QED) is 0.852. The van der Waals surface area contributed by atoms with E-state index in [0.717, 1.165) is 16.8 Å². The van der Waals surface area contributed by atoms with Crippen molar-refractivity contribution >= 4 is 0 Å². The lowest BCUT2D eigenvalue weighted by Gasteiger charge is -2.04.